The lowest BCUT2D eigenvalue weighted by Gasteiger charge is -2.11. The Morgan fingerprint density at radius 3 is 2.95 bits per heavy atom. The van der Waals surface area contributed by atoms with Crippen LogP contribution in [0.3, 0.4) is 0 Å². The molecule has 0 aliphatic heterocycles. The minimum Gasteiger partial charge on any atom is -0.348 e. The van der Waals surface area contributed by atoms with Gasteiger partial charge < -0.3 is 11.1 Å². The number of fused-ring (bicyclic) bond motifs is 1. The Balaban J connectivity index is 2.48. The predicted octanol–water partition coefficient (Wildman–Crippen LogP) is 0.0799. The number of hydrogen-bond donors (Lipinski definition) is 2. The fourth-order valence-corrected chi connectivity index (χ4v) is 1.70. The van der Waals surface area contributed by atoms with Gasteiger partial charge in [-0.3, -0.25) is 14.0 Å². The first-order chi connectivity index (χ1) is 9.02. The van der Waals surface area contributed by atoms with E-state index in [1.165, 1.54) is 10.6 Å². The molecule has 6 nitrogen and oxygen atoms in total. The zero-order valence-electron chi connectivity index (χ0n) is 10.9. The number of amides is 1. The molecule has 0 aromatic carbocycles. The Kier molecular flexibility index (Phi) is 3.62. The van der Waals surface area contributed by atoms with Gasteiger partial charge in [-0.05, 0) is 25.5 Å². The molecule has 19 heavy (non-hydrogen) atoms. The number of carbonyl (C=O) groups excluding carboxylic acids is 1. The van der Waals surface area contributed by atoms with Gasteiger partial charge in [0.1, 0.15) is 11.2 Å². The Bertz CT molecular complexity index is 678. The number of nitrogens with zero attached hydrogens (tertiary/aromatic N) is 2. The highest BCUT2D eigenvalue weighted by Gasteiger charge is 2.14. The maximum Gasteiger partial charge on any atom is 0.270 e. The maximum absolute atomic E-state index is 12.2. The molecule has 6 heteroatoms. The Labute approximate surface area is 110 Å². The van der Waals surface area contributed by atoms with Crippen LogP contribution in [0.2, 0.25) is 0 Å². The third-order valence-corrected chi connectivity index (χ3v) is 2.83. The van der Waals surface area contributed by atoms with Gasteiger partial charge in [-0.1, -0.05) is 6.07 Å². The van der Waals surface area contributed by atoms with Crippen molar-refractivity contribution < 1.29 is 4.79 Å². The van der Waals surface area contributed by atoms with Gasteiger partial charge in [0.05, 0.1) is 0 Å². The lowest BCUT2D eigenvalue weighted by molar-refractivity contribution is 0.0939. The Morgan fingerprint density at radius 2 is 2.26 bits per heavy atom. The van der Waals surface area contributed by atoms with Crippen molar-refractivity contribution in [3.8, 4) is 0 Å². The monoisotopic (exact) mass is 260 g/mol. The van der Waals surface area contributed by atoms with Gasteiger partial charge in [-0.15, -0.1) is 0 Å². The second-order valence-corrected chi connectivity index (χ2v) is 4.52. The molecule has 2 heterocycles. The van der Waals surface area contributed by atoms with Crippen LogP contribution in [0.15, 0.2) is 29.3 Å². The van der Waals surface area contributed by atoms with Crippen LogP contribution in [0.4, 0.5) is 0 Å². The first kappa shape index (κ1) is 13.2. The number of pyridine rings is 1. The summed E-state index contributed by atoms with van der Waals surface area (Å²) in [6.45, 7) is 3.95. The quantitative estimate of drug-likeness (QED) is 0.818. The normalized spacial score (nSPS) is 12.4. The second-order valence-electron chi connectivity index (χ2n) is 4.52. The van der Waals surface area contributed by atoms with Crippen molar-refractivity contribution in [2.24, 2.45) is 5.73 Å². The van der Waals surface area contributed by atoms with E-state index in [1.54, 1.807) is 19.2 Å². The second kappa shape index (κ2) is 5.19. The van der Waals surface area contributed by atoms with Gasteiger partial charge in [0, 0.05) is 25.0 Å². The molecule has 2 aromatic heterocycles. The van der Waals surface area contributed by atoms with Crippen molar-refractivity contribution in [1.82, 2.24) is 14.7 Å². The molecule has 0 radical (unpaired) electrons. The van der Waals surface area contributed by atoms with E-state index < -0.39 is 5.91 Å². The molecule has 0 fully saturated rings. The van der Waals surface area contributed by atoms with Crippen LogP contribution >= 0.6 is 0 Å². The average Bonchev–Trinajstić information content (AvgIpc) is 2.39. The molecule has 0 aliphatic carbocycles. The largest absolute Gasteiger partial charge is 0.348 e. The van der Waals surface area contributed by atoms with Crippen molar-refractivity contribution in [3.63, 3.8) is 0 Å². The molecule has 1 atom stereocenters. The molecular weight excluding hydrogens is 244 g/mol. The Morgan fingerprint density at radius 1 is 1.53 bits per heavy atom. The smallest absolute Gasteiger partial charge is 0.270 e. The zero-order chi connectivity index (χ0) is 14.0. The lowest BCUT2D eigenvalue weighted by atomic mass is 10.2. The van der Waals surface area contributed by atoms with Crippen LogP contribution in [-0.4, -0.2) is 27.9 Å². The molecule has 0 saturated carbocycles. The van der Waals surface area contributed by atoms with Gasteiger partial charge in [0.25, 0.3) is 11.5 Å². The molecule has 100 valence electrons. The predicted molar refractivity (Wildman–Crippen MR) is 72.2 cm³/mol. The molecular formula is C13H16N4O2. The molecule has 2 aromatic rings. The first-order valence-electron chi connectivity index (χ1n) is 6.02. The highest BCUT2D eigenvalue weighted by molar-refractivity contribution is 5.93. The van der Waals surface area contributed by atoms with E-state index in [0.29, 0.717) is 12.2 Å². The summed E-state index contributed by atoms with van der Waals surface area (Å²) in [7, 11) is 0. The first-order valence-corrected chi connectivity index (χ1v) is 6.02. The average molecular weight is 260 g/mol. The van der Waals surface area contributed by atoms with Crippen LogP contribution in [0.1, 0.15) is 22.8 Å². The van der Waals surface area contributed by atoms with Crippen molar-refractivity contribution >= 4 is 11.6 Å². The maximum atomic E-state index is 12.2. The summed E-state index contributed by atoms with van der Waals surface area (Å²) in [5.41, 5.74) is 6.50. The molecule has 0 unspecified atom stereocenters. The highest BCUT2D eigenvalue weighted by atomic mass is 16.2. The van der Waals surface area contributed by atoms with Crippen LogP contribution < -0.4 is 16.6 Å². The van der Waals surface area contributed by atoms with Gasteiger partial charge in [-0.25, -0.2) is 4.98 Å². The summed E-state index contributed by atoms with van der Waals surface area (Å²) in [6, 6.07) is 3.41. The number of rotatable bonds is 3. The summed E-state index contributed by atoms with van der Waals surface area (Å²) in [5, 5.41) is 2.65. The van der Waals surface area contributed by atoms with Gasteiger partial charge >= 0.3 is 0 Å². The molecule has 3 N–H and O–H groups in total. The lowest BCUT2D eigenvalue weighted by Crippen LogP contribution is -2.40. The van der Waals surface area contributed by atoms with E-state index in [0.717, 1.165) is 5.56 Å². The standard InChI is InChI=1S/C13H16N4O2/c1-8-3-4-11-15-6-10(13(19)17(11)7-8)12(18)16-9(2)5-14/h3-4,6-7,9H,5,14H2,1-2H3,(H,16,18)/t9-/m0/s1. The number of nitrogens with one attached hydrogen (secondary N) is 1. The topological polar surface area (TPSA) is 89.5 Å². The SMILES string of the molecule is Cc1ccc2ncc(C(=O)N[C@@H](C)CN)c(=O)n2c1. The number of hydrogen-bond acceptors (Lipinski definition) is 4. The molecule has 2 rings (SSSR count). The van der Waals surface area contributed by atoms with E-state index in [1.807, 2.05) is 13.0 Å². The van der Waals surface area contributed by atoms with Crippen LogP contribution in [0.25, 0.3) is 5.65 Å². The minimum atomic E-state index is -0.452. The molecule has 0 bridgehead atoms. The van der Waals surface area contributed by atoms with Crippen LogP contribution in [0, 0.1) is 6.92 Å². The van der Waals surface area contributed by atoms with Crippen molar-refractivity contribution in [2.45, 2.75) is 19.9 Å². The summed E-state index contributed by atoms with van der Waals surface area (Å²) in [5.74, 6) is -0.452. The van der Waals surface area contributed by atoms with E-state index in [-0.39, 0.29) is 17.2 Å². The summed E-state index contributed by atoms with van der Waals surface area (Å²) in [6.07, 6.45) is 2.96. The van der Waals surface area contributed by atoms with Gasteiger partial charge in [0.2, 0.25) is 0 Å². The van der Waals surface area contributed by atoms with Crippen molar-refractivity contribution in [1.29, 1.82) is 0 Å². The molecule has 1 amide bonds. The Hall–Kier alpha value is -2.21. The van der Waals surface area contributed by atoms with E-state index >= 15 is 0 Å². The molecule has 0 spiro atoms. The zero-order valence-corrected chi connectivity index (χ0v) is 10.9. The van der Waals surface area contributed by atoms with E-state index in [9.17, 15) is 9.59 Å². The number of carbonyl (C=O) groups is 1. The van der Waals surface area contributed by atoms with Gasteiger partial charge in [-0.2, -0.15) is 0 Å². The van der Waals surface area contributed by atoms with Crippen LogP contribution in [-0.2, 0) is 0 Å². The van der Waals surface area contributed by atoms with Crippen molar-refractivity contribution in [2.75, 3.05) is 6.54 Å². The van der Waals surface area contributed by atoms with E-state index in [4.69, 9.17) is 5.73 Å². The van der Waals surface area contributed by atoms with Crippen LogP contribution in [0.5, 0.6) is 0 Å². The fourth-order valence-electron chi connectivity index (χ4n) is 1.70. The third-order valence-electron chi connectivity index (χ3n) is 2.83. The summed E-state index contributed by atoms with van der Waals surface area (Å²) in [4.78, 5) is 28.3. The van der Waals surface area contributed by atoms with Gasteiger partial charge in [0.15, 0.2) is 0 Å². The third kappa shape index (κ3) is 2.63. The fraction of sp³-hybridized carbons (Fsp3) is 0.308. The number of nitrogens with two attached hydrogens (primary N) is 1. The summed E-state index contributed by atoms with van der Waals surface area (Å²) < 4.78 is 1.37. The number of aromatic nitrogens is 2. The highest BCUT2D eigenvalue weighted by Crippen LogP contribution is 2.01. The van der Waals surface area contributed by atoms with Crippen molar-refractivity contribution in [3.05, 3.63) is 46.0 Å². The number of aryl methyl sites for hydroxylation is 1. The van der Waals surface area contributed by atoms with E-state index in [2.05, 4.69) is 10.3 Å². The molecule has 0 aliphatic rings. The molecule has 0 saturated heterocycles. The summed E-state index contributed by atoms with van der Waals surface area (Å²) >= 11 is 0. The minimum absolute atomic E-state index is 0.0170.